The van der Waals surface area contributed by atoms with E-state index in [0.29, 0.717) is 26.1 Å². The van der Waals surface area contributed by atoms with Gasteiger partial charge in [0.05, 0.1) is 26.1 Å². The molecule has 1 aromatic heterocycles. The minimum atomic E-state index is -1.10. The van der Waals surface area contributed by atoms with Gasteiger partial charge in [-0.15, -0.1) is 0 Å². The van der Waals surface area contributed by atoms with Gasteiger partial charge in [-0.3, -0.25) is 19.3 Å². The smallest absolute Gasteiger partial charge is 0.273 e. The Morgan fingerprint density at radius 3 is 2.54 bits per heavy atom. The van der Waals surface area contributed by atoms with E-state index in [9.17, 15) is 14.4 Å². The third kappa shape index (κ3) is 6.02. The lowest BCUT2D eigenvalue weighted by molar-refractivity contribution is -0.133. The van der Waals surface area contributed by atoms with Crippen molar-refractivity contribution in [1.82, 2.24) is 30.0 Å². The summed E-state index contributed by atoms with van der Waals surface area (Å²) in [5, 5.41) is 5.91. The summed E-state index contributed by atoms with van der Waals surface area (Å²) in [6.07, 6.45) is 2.98. The number of hydrogen-bond donors (Lipinski definition) is 2. The Labute approximate surface area is 218 Å². The largest absolute Gasteiger partial charge is 0.379 e. The summed E-state index contributed by atoms with van der Waals surface area (Å²) in [6, 6.07) is 7.97. The Morgan fingerprint density at radius 2 is 1.84 bits per heavy atom. The molecule has 2 aliphatic heterocycles. The van der Waals surface area contributed by atoms with Crippen molar-refractivity contribution in [1.29, 1.82) is 0 Å². The highest BCUT2D eigenvalue weighted by atomic mass is 16.5. The van der Waals surface area contributed by atoms with Gasteiger partial charge in [0.2, 0.25) is 5.91 Å². The van der Waals surface area contributed by atoms with Crippen LogP contribution in [0.2, 0.25) is 0 Å². The fourth-order valence-corrected chi connectivity index (χ4v) is 4.92. The van der Waals surface area contributed by atoms with Gasteiger partial charge in [0.1, 0.15) is 11.2 Å². The highest BCUT2D eigenvalue weighted by molar-refractivity contribution is 6.07. The topological polar surface area (TPSA) is 109 Å². The van der Waals surface area contributed by atoms with Crippen molar-refractivity contribution in [3.05, 3.63) is 53.1 Å². The molecule has 0 aliphatic carbocycles. The third-order valence-electron chi connectivity index (χ3n) is 7.12. The summed E-state index contributed by atoms with van der Waals surface area (Å²) >= 11 is 0. The van der Waals surface area contributed by atoms with Crippen LogP contribution in [-0.2, 0) is 22.6 Å². The molecule has 2 aromatic rings. The van der Waals surface area contributed by atoms with Crippen molar-refractivity contribution in [3.63, 3.8) is 0 Å². The first-order valence-corrected chi connectivity index (χ1v) is 13.1. The lowest BCUT2D eigenvalue weighted by atomic mass is 9.93. The van der Waals surface area contributed by atoms with Crippen molar-refractivity contribution < 1.29 is 19.1 Å². The lowest BCUT2D eigenvalue weighted by Crippen LogP contribution is -2.64. The molecular formula is C27H38N6O4. The summed E-state index contributed by atoms with van der Waals surface area (Å²) in [6.45, 7) is 11.4. The highest BCUT2D eigenvalue weighted by Crippen LogP contribution is 2.29. The standard InChI is InChI=1S/C27H38N6O4/c1-4-11-33-25(35)23-22(24(34)28-10-5-12-31-13-15-37-16-14-31)30-19-32(23)18-27(33,3)26(36)29-17-21-8-6-20(2)7-9-21/h6-9,19H,4-5,10-18H2,1-3H3,(H,28,34)(H,29,36)/t27-/m0/s1. The molecule has 1 saturated heterocycles. The monoisotopic (exact) mass is 510 g/mol. The summed E-state index contributed by atoms with van der Waals surface area (Å²) in [7, 11) is 0. The van der Waals surface area contributed by atoms with Crippen LogP contribution in [0.25, 0.3) is 0 Å². The van der Waals surface area contributed by atoms with Crippen molar-refractivity contribution in [2.24, 2.45) is 0 Å². The maximum Gasteiger partial charge on any atom is 0.273 e. The number of amides is 3. The number of carbonyl (C=O) groups is 3. The number of nitrogens with one attached hydrogen (secondary N) is 2. The normalized spacial score (nSPS) is 20.0. The second-order valence-corrected chi connectivity index (χ2v) is 10.0. The minimum absolute atomic E-state index is 0.111. The predicted molar refractivity (Wildman–Crippen MR) is 139 cm³/mol. The van der Waals surface area contributed by atoms with Crippen LogP contribution in [0.15, 0.2) is 30.6 Å². The van der Waals surface area contributed by atoms with Gasteiger partial charge in [0, 0.05) is 32.7 Å². The van der Waals surface area contributed by atoms with Crippen molar-refractivity contribution in [3.8, 4) is 0 Å². The third-order valence-corrected chi connectivity index (χ3v) is 7.12. The van der Waals surface area contributed by atoms with Gasteiger partial charge in [-0.05, 0) is 38.8 Å². The number of carbonyl (C=O) groups excluding carboxylic acids is 3. The molecule has 200 valence electrons. The van der Waals surface area contributed by atoms with Crippen LogP contribution < -0.4 is 10.6 Å². The Kier molecular flexibility index (Phi) is 8.60. The quantitative estimate of drug-likeness (QED) is 0.470. The van der Waals surface area contributed by atoms with E-state index in [4.69, 9.17) is 4.74 Å². The van der Waals surface area contributed by atoms with E-state index in [1.54, 1.807) is 16.4 Å². The second kappa shape index (κ2) is 11.9. The van der Waals surface area contributed by atoms with Gasteiger partial charge in [-0.1, -0.05) is 36.8 Å². The van der Waals surface area contributed by atoms with Crippen LogP contribution in [0.5, 0.6) is 0 Å². The van der Waals surface area contributed by atoms with Crippen molar-refractivity contribution in [2.75, 3.05) is 45.9 Å². The summed E-state index contributed by atoms with van der Waals surface area (Å²) in [4.78, 5) is 48.2. The van der Waals surface area contributed by atoms with E-state index in [-0.39, 0.29) is 35.7 Å². The summed E-state index contributed by atoms with van der Waals surface area (Å²) in [5.41, 5.74) is 1.39. The first kappa shape index (κ1) is 26.8. The van der Waals surface area contributed by atoms with Gasteiger partial charge < -0.3 is 24.8 Å². The average Bonchev–Trinajstić information content (AvgIpc) is 3.32. The van der Waals surface area contributed by atoms with Gasteiger partial charge >= 0.3 is 0 Å². The van der Waals surface area contributed by atoms with Gasteiger partial charge in [-0.2, -0.15) is 0 Å². The number of aryl methyl sites for hydroxylation is 1. The van der Waals surface area contributed by atoms with E-state index in [1.165, 1.54) is 6.33 Å². The fourth-order valence-electron chi connectivity index (χ4n) is 4.92. The van der Waals surface area contributed by atoms with E-state index < -0.39 is 5.54 Å². The summed E-state index contributed by atoms with van der Waals surface area (Å²) < 4.78 is 7.01. The van der Waals surface area contributed by atoms with Crippen LogP contribution in [0, 0.1) is 6.92 Å². The first-order valence-electron chi connectivity index (χ1n) is 13.1. The number of benzene rings is 1. The fraction of sp³-hybridized carbons (Fsp3) is 0.556. The van der Waals surface area contributed by atoms with Crippen molar-refractivity contribution >= 4 is 17.7 Å². The maximum absolute atomic E-state index is 13.6. The molecule has 4 rings (SSSR count). The number of hydrogen-bond acceptors (Lipinski definition) is 6. The number of rotatable bonds is 10. The Bertz CT molecular complexity index is 1110. The summed E-state index contributed by atoms with van der Waals surface area (Å²) in [5.74, 6) is -0.951. The molecule has 1 aromatic carbocycles. The molecule has 0 unspecified atom stereocenters. The molecule has 10 heteroatoms. The molecule has 2 N–H and O–H groups in total. The molecule has 3 heterocycles. The SMILES string of the molecule is CCCN1C(=O)c2c(C(=O)NCCCN3CCOCC3)ncn2C[C@@]1(C)C(=O)NCc1ccc(C)cc1. The highest BCUT2D eigenvalue weighted by Gasteiger charge is 2.48. The lowest BCUT2D eigenvalue weighted by Gasteiger charge is -2.43. The number of nitrogens with zero attached hydrogens (tertiary/aromatic N) is 4. The van der Waals surface area contributed by atoms with Gasteiger partial charge in [-0.25, -0.2) is 4.98 Å². The molecule has 1 fully saturated rings. The zero-order valence-electron chi connectivity index (χ0n) is 22.1. The molecule has 0 radical (unpaired) electrons. The van der Waals surface area contributed by atoms with Gasteiger partial charge in [0.15, 0.2) is 5.69 Å². The van der Waals surface area contributed by atoms with E-state index in [1.807, 2.05) is 38.1 Å². The molecule has 10 nitrogen and oxygen atoms in total. The molecule has 1 atom stereocenters. The minimum Gasteiger partial charge on any atom is -0.379 e. The Hall–Kier alpha value is -3.24. The van der Waals surface area contributed by atoms with Crippen LogP contribution in [0.3, 0.4) is 0 Å². The van der Waals surface area contributed by atoms with E-state index in [0.717, 1.165) is 50.4 Å². The van der Waals surface area contributed by atoms with Crippen LogP contribution in [-0.4, -0.2) is 88.5 Å². The Morgan fingerprint density at radius 1 is 1.11 bits per heavy atom. The number of ether oxygens (including phenoxy) is 1. The number of morpholine rings is 1. The number of fused-ring (bicyclic) bond motifs is 1. The molecule has 37 heavy (non-hydrogen) atoms. The molecular weight excluding hydrogens is 472 g/mol. The first-order chi connectivity index (χ1) is 17.8. The Balaban J connectivity index is 1.43. The zero-order chi connectivity index (χ0) is 26.4. The second-order valence-electron chi connectivity index (χ2n) is 10.0. The molecule has 3 amide bonds. The molecule has 0 saturated carbocycles. The van der Waals surface area contributed by atoms with E-state index in [2.05, 4.69) is 20.5 Å². The van der Waals surface area contributed by atoms with Crippen LogP contribution >= 0.6 is 0 Å². The van der Waals surface area contributed by atoms with Gasteiger partial charge in [0.25, 0.3) is 11.8 Å². The van der Waals surface area contributed by atoms with Crippen LogP contribution in [0.4, 0.5) is 0 Å². The predicted octanol–water partition coefficient (Wildman–Crippen LogP) is 1.58. The zero-order valence-corrected chi connectivity index (χ0v) is 22.1. The maximum atomic E-state index is 13.6. The number of imidazole rings is 1. The molecule has 0 spiro atoms. The van der Waals surface area contributed by atoms with Crippen molar-refractivity contribution in [2.45, 2.75) is 52.2 Å². The number of aromatic nitrogens is 2. The van der Waals surface area contributed by atoms with Crippen LogP contribution in [0.1, 0.15) is 58.8 Å². The molecule has 0 bridgehead atoms. The average molecular weight is 511 g/mol. The molecule has 2 aliphatic rings. The van der Waals surface area contributed by atoms with E-state index >= 15 is 0 Å².